The lowest BCUT2D eigenvalue weighted by Gasteiger charge is -2.31. The molecule has 4 atom stereocenters. The summed E-state index contributed by atoms with van der Waals surface area (Å²) in [5.41, 5.74) is 7.68. The van der Waals surface area contributed by atoms with Gasteiger partial charge in [-0.25, -0.2) is 33.0 Å². The third kappa shape index (κ3) is 14.3. The molecule has 4 aromatic carbocycles. The van der Waals surface area contributed by atoms with Gasteiger partial charge in [-0.1, -0.05) is 39.1 Å². The minimum Gasteiger partial charge on any atom is -0.444 e. The number of anilines is 2. The number of fused-ring (bicyclic) bond motifs is 6. The van der Waals surface area contributed by atoms with Crippen LogP contribution in [0.5, 0.6) is 0 Å². The van der Waals surface area contributed by atoms with Crippen LogP contribution < -0.4 is 21.7 Å². The molecule has 5 N–H and O–H groups in total. The first-order valence-corrected chi connectivity index (χ1v) is 30.4. The van der Waals surface area contributed by atoms with Crippen molar-refractivity contribution in [2.75, 3.05) is 23.7 Å². The van der Waals surface area contributed by atoms with Crippen molar-refractivity contribution < 1.29 is 66.1 Å². The summed E-state index contributed by atoms with van der Waals surface area (Å²) < 4.78 is 44.7. The number of carbonyl (C=O) groups is 9. The van der Waals surface area contributed by atoms with Crippen molar-refractivity contribution in [3.05, 3.63) is 129 Å². The van der Waals surface area contributed by atoms with Gasteiger partial charge in [0.1, 0.15) is 35.9 Å². The van der Waals surface area contributed by atoms with Crippen molar-refractivity contribution in [1.29, 1.82) is 0 Å². The maximum absolute atomic E-state index is 14.0. The molecule has 0 radical (unpaired) electrons. The maximum atomic E-state index is 14.0. The van der Waals surface area contributed by atoms with Gasteiger partial charge in [-0.15, -0.1) is 0 Å². The monoisotopic (exact) mass is 1360 g/mol. The average molecular weight is 1360 g/mol. The molecule has 4 aromatic rings. The van der Waals surface area contributed by atoms with Gasteiger partial charge in [0.15, 0.2) is 0 Å². The van der Waals surface area contributed by atoms with Gasteiger partial charge in [-0.3, -0.25) is 28.8 Å². The molecule has 2 saturated heterocycles. The van der Waals surface area contributed by atoms with E-state index in [1.54, 1.807) is 79.1 Å². The van der Waals surface area contributed by atoms with Crippen LogP contribution in [0, 0.1) is 23.5 Å². The Morgan fingerprint density at radius 2 is 0.968 bits per heavy atom. The first-order chi connectivity index (χ1) is 41.4. The van der Waals surface area contributed by atoms with Crippen LogP contribution in [0.2, 0.25) is 0 Å². The minimum absolute atomic E-state index is 0. The maximum Gasteiger partial charge on any atom is 0.418 e. The Balaban J connectivity index is 0.000000250. The van der Waals surface area contributed by atoms with Crippen molar-refractivity contribution >= 4 is 119 Å². The molecule has 4 saturated carbocycles. The van der Waals surface area contributed by atoms with E-state index in [0.29, 0.717) is 112 Å². The van der Waals surface area contributed by atoms with Crippen LogP contribution in [0.1, 0.15) is 157 Å². The second kappa shape index (κ2) is 27.5. The fourth-order valence-electron chi connectivity index (χ4n) is 13.8. The number of nitrogens with zero attached hydrogens (tertiary/aromatic N) is 4. The predicted octanol–water partition coefficient (Wildman–Crippen LogP) is 9.55. The lowest BCUT2D eigenvalue weighted by Crippen LogP contribution is -2.48. The van der Waals surface area contributed by atoms with Gasteiger partial charge in [-0.2, -0.15) is 54.0 Å². The van der Waals surface area contributed by atoms with Gasteiger partial charge >= 0.3 is 18.3 Å². The van der Waals surface area contributed by atoms with Crippen LogP contribution in [-0.4, -0.2) is 115 Å². The lowest BCUT2D eigenvalue weighted by atomic mass is 9.94. The van der Waals surface area contributed by atoms with Crippen molar-refractivity contribution in [3.8, 4) is 0 Å². The van der Waals surface area contributed by atoms with Crippen LogP contribution in [0.4, 0.5) is 34.5 Å². The Morgan fingerprint density at radius 1 is 0.548 bits per heavy atom. The second-order valence-electron chi connectivity index (χ2n) is 26.4. The van der Waals surface area contributed by atoms with Gasteiger partial charge in [0.2, 0.25) is 34.8 Å². The SMILES string of the molecule is C.C.CC(C)(C)OC(=O)NC1(C(=O)Nc2ccc3c(c2)CC[C@]32OC(=O)N(CC(=O)N3Cc4ccc(F)cc4CC[C@H]3C3CC3)C2=O)CC1.NC1(C(=O)Nc2ccc3c(c2)CC[C@]32OC(=O)N(CC(=O)N3Cc4ccc(F)cc4CC[C@H]3C3CC3)C2=O)CC1.S.S.S.S. The standard InChI is InChI=1S/C35H39FN4O7.C30H31FN4O5.2CH4.4H2S/c1-33(2,3)46-31(44)38-34(14-15-34)29(42)37-25-9-10-26-22(17-25)12-13-35(26)30(43)40(32(45)47-35)19-28(41)39-18-23-6-8-24(36)16-21(23)7-11-27(39)20-4-5-20;31-21-5-3-20-15-34(24(17-1-2-17)8-4-18(20)13-21)25(36)16-35-27(38)30(40-28(35)39)10-9-19-14-22(6-7-23(19)30)33-26(37)29(32)11-12-29;;;;;;/h6,8-10,16-17,20,27H,4-5,7,11-15,18-19H2,1-3H3,(H,37,42)(H,38,44);3,5-7,13-14,17,24H,1-2,4,8-12,15-16,32H2,(H,33,37);2*1H4;4*1H2/t27-,35-;24-,30-;;;;;;/m00....../s1. The average Bonchev–Trinajstić information content (AvgIpc) is 1.60. The number of aryl methyl sites for hydroxylation is 4. The smallest absolute Gasteiger partial charge is 0.418 e. The summed E-state index contributed by atoms with van der Waals surface area (Å²) >= 11 is 0. The largest absolute Gasteiger partial charge is 0.444 e. The summed E-state index contributed by atoms with van der Waals surface area (Å²) in [5.74, 6) is -2.26. The molecule has 6 fully saturated rings. The fraction of sp³-hybridized carbons (Fsp3) is 0.507. The first kappa shape index (κ1) is 73.5. The molecular weight excluding hydrogens is 1280 g/mol. The topological polar surface area (TPSA) is 256 Å². The van der Waals surface area contributed by atoms with E-state index in [0.717, 1.165) is 68.9 Å². The van der Waals surface area contributed by atoms with E-state index in [1.807, 2.05) is 0 Å². The van der Waals surface area contributed by atoms with Crippen molar-refractivity contribution in [1.82, 2.24) is 24.9 Å². The van der Waals surface area contributed by atoms with E-state index < -0.39 is 71.1 Å². The molecule has 10 aliphatic rings. The number of hydrogen-bond donors (Lipinski definition) is 4. The Hall–Kier alpha value is -6.87. The molecule has 14 rings (SSSR count). The normalized spacial score (nSPS) is 23.6. The summed E-state index contributed by atoms with van der Waals surface area (Å²) in [6.45, 7) is 5.02. The molecule has 4 heterocycles. The van der Waals surface area contributed by atoms with E-state index in [9.17, 15) is 51.9 Å². The number of imide groups is 2. The number of amides is 9. The van der Waals surface area contributed by atoms with Crippen LogP contribution in [0.3, 0.4) is 0 Å². The van der Waals surface area contributed by atoms with Gasteiger partial charge in [0, 0.05) is 60.5 Å². The summed E-state index contributed by atoms with van der Waals surface area (Å²) in [6.07, 6.45) is 8.10. The highest BCUT2D eigenvalue weighted by molar-refractivity contribution is 7.59. The van der Waals surface area contributed by atoms with E-state index in [1.165, 1.54) is 24.3 Å². The molecule has 93 heavy (non-hydrogen) atoms. The molecule has 4 aliphatic heterocycles. The molecular formula is C67H86F2N8O12S4. The number of benzene rings is 4. The highest BCUT2D eigenvalue weighted by Crippen LogP contribution is 2.49. The Bertz CT molecular complexity index is 3650. The summed E-state index contributed by atoms with van der Waals surface area (Å²) in [4.78, 5) is 125. The molecule has 26 heteroatoms. The van der Waals surface area contributed by atoms with Gasteiger partial charge < -0.3 is 45.7 Å². The highest BCUT2D eigenvalue weighted by atomic mass is 32.1. The molecule has 504 valence electrons. The Labute approximate surface area is 568 Å². The number of carbonyl (C=O) groups excluding carboxylic acids is 9. The summed E-state index contributed by atoms with van der Waals surface area (Å²) in [5, 5.41) is 8.39. The number of hydrogen-bond acceptors (Lipinski definition) is 13. The van der Waals surface area contributed by atoms with Gasteiger partial charge in [0.25, 0.3) is 11.8 Å². The van der Waals surface area contributed by atoms with Gasteiger partial charge in [0.05, 0.1) is 5.54 Å². The van der Waals surface area contributed by atoms with E-state index in [-0.39, 0.29) is 129 Å². The summed E-state index contributed by atoms with van der Waals surface area (Å²) in [7, 11) is 0. The quantitative estimate of drug-likeness (QED) is 0.102. The Kier molecular flexibility index (Phi) is 21.7. The minimum atomic E-state index is -1.54. The molecule has 2 spiro atoms. The zero-order chi connectivity index (χ0) is 61.1. The van der Waals surface area contributed by atoms with Crippen molar-refractivity contribution in [2.24, 2.45) is 17.6 Å². The number of nitrogens with two attached hydrogens (primary N) is 1. The first-order valence-electron chi connectivity index (χ1n) is 30.4. The van der Waals surface area contributed by atoms with Crippen LogP contribution >= 0.6 is 54.0 Å². The van der Waals surface area contributed by atoms with Crippen molar-refractivity contribution in [3.63, 3.8) is 0 Å². The zero-order valence-corrected chi connectivity index (χ0v) is 54.9. The fourth-order valence-corrected chi connectivity index (χ4v) is 13.8. The third-order valence-electron chi connectivity index (χ3n) is 19.2. The van der Waals surface area contributed by atoms with Crippen molar-refractivity contribution in [2.45, 2.75) is 191 Å². The molecule has 0 bridgehead atoms. The van der Waals surface area contributed by atoms with E-state index in [2.05, 4.69) is 16.0 Å². The van der Waals surface area contributed by atoms with Crippen LogP contribution in [0.15, 0.2) is 72.8 Å². The molecule has 0 unspecified atom stereocenters. The van der Waals surface area contributed by atoms with Crippen LogP contribution in [0.25, 0.3) is 0 Å². The highest BCUT2D eigenvalue weighted by Gasteiger charge is 2.61. The number of ether oxygens (including phenoxy) is 3. The van der Waals surface area contributed by atoms with E-state index >= 15 is 0 Å². The van der Waals surface area contributed by atoms with Gasteiger partial charge in [-0.05, 0) is 204 Å². The Morgan fingerprint density at radius 3 is 1.35 bits per heavy atom. The molecule has 9 amide bonds. The molecule has 20 nitrogen and oxygen atoms in total. The number of rotatable bonds is 11. The summed E-state index contributed by atoms with van der Waals surface area (Å²) in [6, 6.07) is 19.5. The number of halogens is 2. The molecule has 0 aromatic heterocycles. The van der Waals surface area contributed by atoms with E-state index in [4.69, 9.17) is 19.9 Å². The number of alkyl carbamates (subject to hydrolysis) is 1. The molecule has 6 aliphatic carbocycles. The third-order valence-corrected chi connectivity index (χ3v) is 19.2. The predicted molar refractivity (Wildman–Crippen MR) is 363 cm³/mol. The lowest BCUT2D eigenvalue weighted by molar-refractivity contribution is -0.143. The number of nitrogens with one attached hydrogen (secondary N) is 3. The zero-order valence-electron chi connectivity index (χ0n) is 50.9. The second-order valence-corrected chi connectivity index (χ2v) is 26.4. The van der Waals surface area contributed by atoms with Crippen LogP contribution in [-0.2, 0) is 93.0 Å².